The molecule has 0 N–H and O–H groups in total. The minimum Gasteiger partial charge on any atom is -0.462 e. The Morgan fingerprint density at radius 2 is 0.684 bits per heavy atom. The van der Waals surface area contributed by atoms with Crippen molar-refractivity contribution in [2.45, 2.75) is 322 Å². The van der Waals surface area contributed by atoms with Crippen molar-refractivity contribution in [1.82, 2.24) is 0 Å². The van der Waals surface area contributed by atoms with Crippen LogP contribution in [0.15, 0.2) is 0 Å². The first-order chi connectivity index (χ1) is 34.8. The molecule has 9 aliphatic carbocycles. The molecule has 0 saturated heterocycles. The second kappa shape index (κ2) is 28.9. The van der Waals surface area contributed by atoms with Gasteiger partial charge in [-0.05, 0) is 234 Å². The number of hydrogen-bond donors (Lipinski definition) is 0. The number of carbonyl (C=O) groups excluding carboxylic acids is 6. The Balaban J connectivity index is 0.000000393. The Labute approximate surface area is 482 Å². The minimum absolute atomic E-state index is 0. The Bertz CT molecular complexity index is 1980. The summed E-state index contributed by atoms with van der Waals surface area (Å²) in [5, 5.41) is 0. The van der Waals surface area contributed by atoms with Crippen LogP contribution in [0.4, 0.5) is 0 Å². The van der Waals surface area contributed by atoms with Gasteiger partial charge in [0.1, 0.15) is 35.1 Å². The predicted octanol–water partition coefficient (Wildman–Crippen LogP) is 16.7. The van der Waals surface area contributed by atoms with Crippen molar-refractivity contribution in [3.63, 3.8) is 0 Å². The standard InChI is InChI=1S/C22H36O4.C21H34O4.C19H30O4.5CH4/c1-5-21(3,4)20(24)25-18-14-15-12-16(18)17(13-15)19(23)26-22(6-2)10-8-7-9-11-22;1-5-20(3,4)19(23)24-17-13-14-11-15(17)16(12-14)18(22)25-21(6-2)9-7-8-10-21;1-18(2,3)17(21)22-15-11-12-9-13(15)14(10-12)16(20)23-19(4)7-5-6-8-19;;;;;/h15-18H,5-14H2,1-4H3;14-17H,5-13H2,1-4H3;12-15H,5-11H2,1-4H3;5*1H4. The lowest BCUT2D eigenvalue weighted by molar-refractivity contribution is -0.177. The quantitative estimate of drug-likeness (QED) is 0.113. The van der Waals surface area contributed by atoms with E-state index in [9.17, 15) is 28.8 Å². The summed E-state index contributed by atoms with van der Waals surface area (Å²) in [6.07, 6.45) is 25.6. The Morgan fingerprint density at radius 3 is 0.975 bits per heavy atom. The zero-order valence-corrected chi connectivity index (χ0v) is 48.2. The monoisotopic (exact) mass is 1120 g/mol. The van der Waals surface area contributed by atoms with Gasteiger partial charge in [0.2, 0.25) is 0 Å². The van der Waals surface area contributed by atoms with Crippen LogP contribution in [-0.2, 0) is 57.2 Å². The third kappa shape index (κ3) is 16.8. The molecule has 0 radical (unpaired) electrons. The topological polar surface area (TPSA) is 158 Å². The number of carbonyl (C=O) groups is 6. The molecule has 0 aromatic rings. The summed E-state index contributed by atoms with van der Waals surface area (Å²) in [5.74, 6) is 1.21. The van der Waals surface area contributed by atoms with Gasteiger partial charge in [-0.2, -0.15) is 0 Å². The largest absolute Gasteiger partial charge is 0.462 e. The second-order valence-corrected chi connectivity index (χ2v) is 27.8. The number of esters is 6. The number of hydrogen-bond acceptors (Lipinski definition) is 12. The van der Waals surface area contributed by atoms with Gasteiger partial charge in [0, 0.05) is 17.8 Å². The van der Waals surface area contributed by atoms with E-state index in [2.05, 4.69) is 20.8 Å². The van der Waals surface area contributed by atoms with Gasteiger partial charge in [0.15, 0.2) is 0 Å². The van der Waals surface area contributed by atoms with Crippen molar-refractivity contribution in [3.05, 3.63) is 0 Å². The van der Waals surface area contributed by atoms with Gasteiger partial charge < -0.3 is 28.4 Å². The highest BCUT2D eigenvalue weighted by Crippen LogP contribution is 2.54. The Morgan fingerprint density at radius 1 is 0.392 bits per heavy atom. The third-order valence-electron chi connectivity index (χ3n) is 20.6. The molecule has 0 heterocycles. The third-order valence-corrected chi connectivity index (χ3v) is 20.6. The molecule has 12 unspecified atom stereocenters. The molecule has 79 heavy (non-hydrogen) atoms. The van der Waals surface area contributed by atoms with E-state index >= 15 is 0 Å². The maximum absolute atomic E-state index is 13.0. The fraction of sp³-hybridized carbons (Fsp3) is 0.910. The van der Waals surface area contributed by atoms with E-state index in [-0.39, 0.29) is 144 Å². The number of ether oxygens (including phenoxy) is 6. The molecule has 9 aliphatic rings. The molecule has 0 amide bonds. The molecule has 460 valence electrons. The predicted molar refractivity (Wildman–Crippen MR) is 317 cm³/mol. The average molecular weight is 1120 g/mol. The van der Waals surface area contributed by atoms with Crippen molar-refractivity contribution < 1.29 is 57.2 Å². The van der Waals surface area contributed by atoms with Gasteiger partial charge in [-0.25, -0.2) is 0 Å². The molecule has 12 atom stereocenters. The van der Waals surface area contributed by atoms with Crippen LogP contribution in [0.2, 0.25) is 0 Å². The number of rotatable bonds is 15. The fourth-order valence-corrected chi connectivity index (χ4v) is 14.7. The van der Waals surface area contributed by atoms with Gasteiger partial charge in [0.25, 0.3) is 0 Å². The highest BCUT2D eigenvalue weighted by molar-refractivity contribution is 5.78. The molecular formula is C67H120O12. The van der Waals surface area contributed by atoms with Crippen LogP contribution in [0.25, 0.3) is 0 Å². The maximum Gasteiger partial charge on any atom is 0.311 e. The van der Waals surface area contributed by atoms with E-state index in [0.29, 0.717) is 17.8 Å². The first kappa shape index (κ1) is 71.9. The molecule has 9 saturated carbocycles. The van der Waals surface area contributed by atoms with Crippen LogP contribution < -0.4 is 0 Å². The van der Waals surface area contributed by atoms with E-state index in [1.165, 1.54) is 6.42 Å². The van der Waals surface area contributed by atoms with Crippen LogP contribution in [0, 0.1) is 69.5 Å². The van der Waals surface area contributed by atoms with Crippen molar-refractivity contribution in [1.29, 1.82) is 0 Å². The molecule has 12 nitrogen and oxygen atoms in total. The molecule has 12 heteroatoms. The lowest BCUT2D eigenvalue weighted by Gasteiger charge is -2.38. The van der Waals surface area contributed by atoms with Crippen molar-refractivity contribution in [2.75, 3.05) is 0 Å². The lowest BCUT2D eigenvalue weighted by atomic mass is 9.81. The zero-order chi connectivity index (χ0) is 54.0. The summed E-state index contributed by atoms with van der Waals surface area (Å²) >= 11 is 0. The summed E-state index contributed by atoms with van der Waals surface area (Å²) in [4.78, 5) is 75.6. The van der Waals surface area contributed by atoms with E-state index in [4.69, 9.17) is 28.4 Å². The maximum atomic E-state index is 13.0. The molecule has 0 aliphatic heterocycles. The summed E-state index contributed by atoms with van der Waals surface area (Å²) in [5.41, 5.74) is -2.13. The van der Waals surface area contributed by atoms with Crippen molar-refractivity contribution in [3.8, 4) is 0 Å². The summed E-state index contributed by atoms with van der Waals surface area (Å²) in [7, 11) is 0. The van der Waals surface area contributed by atoms with Crippen LogP contribution in [0.3, 0.4) is 0 Å². The molecule has 6 bridgehead atoms. The molecule has 0 aromatic heterocycles. The van der Waals surface area contributed by atoms with Crippen LogP contribution in [-0.4, -0.2) is 70.9 Å². The van der Waals surface area contributed by atoms with Gasteiger partial charge in [-0.1, -0.05) is 71.2 Å². The Kier molecular flexibility index (Phi) is 26.3. The van der Waals surface area contributed by atoms with Gasteiger partial charge in [0.05, 0.1) is 34.0 Å². The van der Waals surface area contributed by atoms with Crippen molar-refractivity contribution in [2.24, 2.45) is 69.5 Å². The molecular weight excluding hydrogens is 997 g/mol. The molecule has 9 rings (SSSR count). The zero-order valence-electron chi connectivity index (χ0n) is 48.2. The van der Waals surface area contributed by atoms with Crippen LogP contribution in [0.5, 0.6) is 0 Å². The highest BCUT2D eigenvalue weighted by atomic mass is 16.6. The van der Waals surface area contributed by atoms with Crippen LogP contribution in [0.1, 0.15) is 287 Å². The average Bonchev–Trinajstić information content (AvgIpc) is 4.24. The minimum atomic E-state index is -0.491. The molecule has 9 fully saturated rings. The van der Waals surface area contributed by atoms with Gasteiger partial charge >= 0.3 is 35.8 Å². The summed E-state index contributed by atoms with van der Waals surface area (Å²) in [6, 6.07) is 0. The normalized spacial score (nSPS) is 31.7. The second-order valence-electron chi connectivity index (χ2n) is 27.8. The summed E-state index contributed by atoms with van der Waals surface area (Å²) in [6.45, 7) is 23.7. The first-order valence-corrected chi connectivity index (χ1v) is 30.1. The number of fused-ring (bicyclic) bond motifs is 6. The van der Waals surface area contributed by atoms with Crippen LogP contribution >= 0.6 is 0 Å². The smallest absolute Gasteiger partial charge is 0.311 e. The van der Waals surface area contributed by atoms with E-state index in [1.807, 2.05) is 62.3 Å². The SMILES string of the molecule is C.C.C.C.C.CC1(OC(=O)C2CC3CC(OC(=O)C(C)(C)C)C2C3)CCCC1.CCC1(OC(=O)C2CC3CC(OC(=O)C(C)(C)CC)C2C3)CCCC1.CCC1(OC(=O)C2CC3CC(OC(=O)C(C)(C)CC)C2C3)CCCCC1. The molecule has 0 spiro atoms. The fourth-order valence-electron chi connectivity index (χ4n) is 14.7. The highest BCUT2D eigenvalue weighted by Gasteiger charge is 2.56. The van der Waals surface area contributed by atoms with E-state index < -0.39 is 16.2 Å². The van der Waals surface area contributed by atoms with Gasteiger partial charge in [-0.3, -0.25) is 28.8 Å². The summed E-state index contributed by atoms with van der Waals surface area (Å²) < 4.78 is 35.5. The van der Waals surface area contributed by atoms with E-state index in [1.54, 1.807) is 0 Å². The van der Waals surface area contributed by atoms with Gasteiger partial charge in [-0.15, -0.1) is 0 Å². The first-order valence-electron chi connectivity index (χ1n) is 30.1. The van der Waals surface area contributed by atoms with Crippen molar-refractivity contribution >= 4 is 35.8 Å². The molecule has 0 aromatic carbocycles. The lowest BCUT2D eigenvalue weighted by Crippen LogP contribution is -2.42. The van der Waals surface area contributed by atoms with E-state index in [0.717, 1.165) is 161 Å². The Hall–Kier alpha value is -3.18.